The number of hydrogen-bond donors (Lipinski definition) is 0. The Bertz CT molecular complexity index is 777. The summed E-state index contributed by atoms with van der Waals surface area (Å²) in [7, 11) is 0. The molecule has 2 aliphatic rings. The summed E-state index contributed by atoms with van der Waals surface area (Å²) in [5, 5.41) is 0. The van der Waals surface area contributed by atoms with Crippen molar-refractivity contribution in [3.8, 4) is 11.5 Å². The molecule has 0 bridgehead atoms. The molecule has 1 amide bonds. The summed E-state index contributed by atoms with van der Waals surface area (Å²) in [6.07, 6.45) is 0.927. The number of ether oxygens (including phenoxy) is 2. The Morgan fingerprint density at radius 3 is 2.83 bits per heavy atom. The molecule has 0 unspecified atom stereocenters. The normalized spacial score (nSPS) is 18.4. The Labute approximate surface area is 145 Å². The van der Waals surface area contributed by atoms with E-state index < -0.39 is 0 Å². The van der Waals surface area contributed by atoms with E-state index in [9.17, 15) is 4.79 Å². The van der Waals surface area contributed by atoms with Crippen molar-refractivity contribution in [1.29, 1.82) is 0 Å². The van der Waals surface area contributed by atoms with E-state index in [2.05, 4.69) is 13.0 Å². The maximum atomic E-state index is 12.7. The average Bonchev–Trinajstić information content (AvgIpc) is 2.95. The zero-order valence-corrected chi connectivity index (χ0v) is 14.3. The minimum Gasteiger partial charge on any atom is -0.486 e. The van der Waals surface area contributed by atoms with Gasteiger partial charge in [-0.2, -0.15) is 0 Å². The van der Waals surface area contributed by atoms with Gasteiger partial charge in [0, 0.05) is 16.6 Å². The van der Waals surface area contributed by atoms with Gasteiger partial charge in [-0.3, -0.25) is 4.79 Å². The molecule has 0 aromatic heterocycles. The van der Waals surface area contributed by atoms with Crippen LogP contribution in [0.15, 0.2) is 47.4 Å². The second kappa shape index (κ2) is 6.40. The van der Waals surface area contributed by atoms with Gasteiger partial charge in [-0.1, -0.05) is 18.2 Å². The molecule has 124 valence electrons. The molecular weight excluding hydrogens is 322 g/mol. The molecule has 2 aromatic carbocycles. The molecule has 4 nitrogen and oxygen atoms in total. The smallest absolute Gasteiger partial charge is 0.237 e. The fourth-order valence-electron chi connectivity index (χ4n) is 3.27. The van der Waals surface area contributed by atoms with Crippen LogP contribution in [0.25, 0.3) is 0 Å². The molecule has 2 heterocycles. The molecule has 2 aliphatic heterocycles. The number of carbonyl (C=O) groups excluding carboxylic acids is 1. The molecule has 0 radical (unpaired) electrons. The van der Waals surface area contributed by atoms with Gasteiger partial charge in [0.1, 0.15) is 13.2 Å². The van der Waals surface area contributed by atoms with Crippen molar-refractivity contribution in [2.75, 3.05) is 23.9 Å². The number of amides is 1. The number of fused-ring (bicyclic) bond motifs is 2. The Morgan fingerprint density at radius 2 is 1.96 bits per heavy atom. The van der Waals surface area contributed by atoms with Crippen LogP contribution in [0, 0.1) is 0 Å². The predicted molar refractivity (Wildman–Crippen MR) is 95.3 cm³/mol. The van der Waals surface area contributed by atoms with Crippen LogP contribution < -0.4 is 14.4 Å². The second-order valence-electron chi connectivity index (χ2n) is 6.04. The monoisotopic (exact) mass is 341 g/mol. The van der Waals surface area contributed by atoms with Gasteiger partial charge in [0.2, 0.25) is 5.91 Å². The minimum absolute atomic E-state index is 0.146. The van der Waals surface area contributed by atoms with Crippen LogP contribution in [-0.2, 0) is 11.2 Å². The maximum Gasteiger partial charge on any atom is 0.237 e. The summed E-state index contributed by atoms with van der Waals surface area (Å²) < 4.78 is 11.1. The van der Waals surface area contributed by atoms with Crippen molar-refractivity contribution in [3.05, 3.63) is 48.0 Å². The van der Waals surface area contributed by atoms with E-state index in [1.165, 1.54) is 17.3 Å². The van der Waals surface area contributed by atoms with Gasteiger partial charge in [-0.15, -0.1) is 11.8 Å². The van der Waals surface area contributed by atoms with Crippen molar-refractivity contribution in [2.45, 2.75) is 24.3 Å². The largest absolute Gasteiger partial charge is 0.486 e. The first kappa shape index (κ1) is 15.4. The maximum absolute atomic E-state index is 12.7. The zero-order valence-electron chi connectivity index (χ0n) is 13.5. The van der Waals surface area contributed by atoms with E-state index in [0.717, 1.165) is 28.5 Å². The van der Waals surface area contributed by atoms with Gasteiger partial charge in [-0.05, 0) is 43.2 Å². The van der Waals surface area contributed by atoms with Gasteiger partial charge in [0.25, 0.3) is 0 Å². The molecule has 2 aromatic rings. The van der Waals surface area contributed by atoms with Crippen LogP contribution in [0.5, 0.6) is 11.5 Å². The summed E-state index contributed by atoms with van der Waals surface area (Å²) in [5.74, 6) is 2.10. The minimum atomic E-state index is 0.146. The summed E-state index contributed by atoms with van der Waals surface area (Å²) in [6.45, 7) is 3.26. The van der Waals surface area contributed by atoms with Gasteiger partial charge in [-0.25, -0.2) is 0 Å². The molecular formula is C19H19NO3S. The topological polar surface area (TPSA) is 38.8 Å². The van der Waals surface area contributed by atoms with E-state index >= 15 is 0 Å². The van der Waals surface area contributed by atoms with Crippen LogP contribution in [0.1, 0.15) is 12.5 Å². The SMILES string of the molecule is C[C@H]1Cc2ccccc2N1C(=O)CSc1ccc2c(c1)OCCO2. The lowest BCUT2D eigenvalue weighted by atomic mass is 10.1. The molecule has 0 saturated carbocycles. The van der Waals surface area contributed by atoms with E-state index in [1.54, 1.807) is 0 Å². The lowest BCUT2D eigenvalue weighted by Gasteiger charge is -2.23. The molecule has 0 N–H and O–H groups in total. The summed E-state index contributed by atoms with van der Waals surface area (Å²) in [5.41, 5.74) is 2.31. The number of thioether (sulfide) groups is 1. The first-order valence-corrected chi connectivity index (χ1v) is 9.13. The molecule has 0 fully saturated rings. The van der Waals surface area contributed by atoms with Crippen LogP contribution in [0.3, 0.4) is 0 Å². The number of hydrogen-bond acceptors (Lipinski definition) is 4. The quantitative estimate of drug-likeness (QED) is 0.801. The number of carbonyl (C=O) groups is 1. The fraction of sp³-hybridized carbons (Fsp3) is 0.316. The van der Waals surface area contributed by atoms with E-state index in [-0.39, 0.29) is 11.9 Å². The highest BCUT2D eigenvalue weighted by Crippen LogP contribution is 2.36. The third-order valence-corrected chi connectivity index (χ3v) is 5.33. The number of para-hydroxylation sites is 1. The van der Waals surface area contributed by atoms with Crippen molar-refractivity contribution in [2.24, 2.45) is 0 Å². The molecule has 0 spiro atoms. The molecule has 1 atom stereocenters. The summed E-state index contributed by atoms with van der Waals surface area (Å²) in [4.78, 5) is 15.7. The third-order valence-electron chi connectivity index (χ3n) is 4.35. The number of benzene rings is 2. The fourth-order valence-corrected chi connectivity index (χ4v) is 4.06. The highest BCUT2D eigenvalue weighted by Gasteiger charge is 2.30. The lowest BCUT2D eigenvalue weighted by Crippen LogP contribution is -2.36. The zero-order chi connectivity index (χ0) is 16.5. The highest BCUT2D eigenvalue weighted by molar-refractivity contribution is 8.00. The van der Waals surface area contributed by atoms with Crippen LogP contribution in [0.4, 0.5) is 5.69 Å². The number of anilines is 1. The molecule has 0 saturated heterocycles. The Hall–Kier alpha value is -2.14. The molecule has 0 aliphatic carbocycles. The van der Waals surface area contributed by atoms with Crippen molar-refractivity contribution in [3.63, 3.8) is 0 Å². The Balaban J connectivity index is 1.45. The molecule has 4 rings (SSSR count). The van der Waals surface area contributed by atoms with Crippen molar-refractivity contribution in [1.82, 2.24) is 0 Å². The van der Waals surface area contributed by atoms with Gasteiger partial charge in [0.15, 0.2) is 11.5 Å². The van der Waals surface area contributed by atoms with E-state index in [4.69, 9.17) is 9.47 Å². The van der Waals surface area contributed by atoms with E-state index in [0.29, 0.717) is 19.0 Å². The van der Waals surface area contributed by atoms with Gasteiger partial charge < -0.3 is 14.4 Å². The second-order valence-corrected chi connectivity index (χ2v) is 7.09. The van der Waals surface area contributed by atoms with Crippen molar-refractivity contribution >= 4 is 23.4 Å². The lowest BCUT2D eigenvalue weighted by molar-refractivity contribution is -0.116. The number of rotatable bonds is 3. The van der Waals surface area contributed by atoms with Crippen LogP contribution >= 0.6 is 11.8 Å². The van der Waals surface area contributed by atoms with Gasteiger partial charge in [0.05, 0.1) is 5.75 Å². The first-order chi connectivity index (χ1) is 11.7. The number of nitrogens with zero attached hydrogens (tertiary/aromatic N) is 1. The highest BCUT2D eigenvalue weighted by atomic mass is 32.2. The first-order valence-electron chi connectivity index (χ1n) is 8.15. The Morgan fingerprint density at radius 1 is 1.17 bits per heavy atom. The Kier molecular flexibility index (Phi) is 4.10. The van der Waals surface area contributed by atoms with Crippen LogP contribution in [-0.4, -0.2) is 30.9 Å². The average molecular weight is 341 g/mol. The molecule has 5 heteroatoms. The third kappa shape index (κ3) is 2.84. The van der Waals surface area contributed by atoms with Crippen molar-refractivity contribution < 1.29 is 14.3 Å². The molecule has 24 heavy (non-hydrogen) atoms. The summed E-state index contributed by atoms with van der Waals surface area (Å²) >= 11 is 1.54. The predicted octanol–water partition coefficient (Wildman–Crippen LogP) is 3.53. The van der Waals surface area contributed by atoms with E-state index in [1.807, 2.05) is 41.3 Å². The van der Waals surface area contributed by atoms with Crippen LogP contribution in [0.2, 0.25) is 0 Å². The standard InChI is InChI=1S/C19H19NO3S/c1-13-10-14-4-2-3-5-16(14)20(13)19(21)12-24-15-6-7-17-18(11-15)23-9-8-22-17/h2-7,11,13H,8-10,12H2,1H3/t13-/m0/s1. The van der Waals surface area contributed by atoms with Gasteiger partial charge >= 0.3 is 0 Å². The summed E-state index contributed by atoms with van der Waals surface area (Å²) in [6, 6.07) is 14.2.